The predicted octanol–water partition coefficient (Wildman–Crippen LogP) is 1.90. The van der Waals surface area contributed by atoms with Crippen LogP contribution in [0.1, 0.15) is 18.5 Å². The fraction of sp³-hybridized carbons (Fsp3) is 0.455. The maximum Gasteiger partial charge on any atom is 0.387 e. The molecule has 1 atom stereocenters. The number of nitrogens with one attached hydrogen (secondary N) is 1. The number of hydrogen-bond acceptors (Lipinski definition) is 3. The molecule has 3 N–H and O–H groups in total. The molecule has 0 aliphatic heterocycles. The van der Waals surface area contributed by atoms with Gasteiger partial charge >= 0.3 is 6.61 Å². The van der Waals surface area contributed by atoms with Gasteiger partial charge in [-0.1, -0.05) is 12.1 Å². The summed E-state index contributed by atoms with van der Waals surface area (Å²) in [5.74, 6) is 0.175. The third-order valence-corrected chi connectivity index (χ3v) is 2.18. The van der Waals surface area contributed by atoms with Gasteiger partial charge in [0, 0.05) is 19.1 Å². The fourth-order valence-corrected chi connectivity index (χ4v) is 1.38. The summed E-state index contributed by atoms with van der Waals surface area (Å²) in [6, 6.07) is 6.70. The molecule has 16 heavy (non-hydrogen) atoms. The minimum absolute atomic E-state index is 0.0600. The van der Waals surface area contributed by atoms with E-state index in [1.807, 2.05) is 13.0 Å². The Morgan fingerprint density at radius 3 is 2.81 bits per heavy atom. The molecule has 1 rings (SSSR count). The van der Waals surface area contributed by atoms with Gasteiger partial charge in [0.05, 0.1) is 0 Å². The lowest BCUT2D eigenvalue weighted by Gasteiger charge is -2.14. The maximum absolute atomic E-state index is 12.0. The molecular weight excluding hydrogens is 214 g/mol. The summed E-state index contributed by atoms with van der Waals surface area (Å²) in [6.07, 6.45) is 0. The van der Waals surface area contributed by atoms with Crippen LogP contribution in [0.3, 0.4) is 0 Å². The first-order valence-corrected chi connectivity index (χ1v) is 5.11. The minimum Gasteiger partial charge on any atom is -0.435 e. The highest BCUT2D eigenvalue weighted by molar-refractivity contribution is 5.30. The van der Waals surface area contributed by atoms with Crippen molar-refractivity contribution in [2.24, 2.45) is 5.73 Å². The van der Waals surface area contributed by atoms with Gasteiger partial charge in [-0.25, -0.2) is 0 Å². The Bertz CT molecular complexity index is 321. The van der Waals surface area contributed by atoms with E-state index in [9.17, 15) is 8.78 Å². The van der Waals surface area contributed by atoms with Crippen molar-refractivity contribution in [3.05, 3.63) is 29.8 Å². The largest absolute Gasteiger partial charge is 0.435 e. The summed E-state index contributed by atoms with van der Waals surface area (Å²) in [7, 11) is 0. The highest BCUT2D eigenvalue weighted by Crippen LogP contribution is 2.20. The molecule has 0 aromatic heterocycles. The summed E-state index contributed by atoms with van der Waals surface area (Å²) in [6.45, 7) is 0.373. The van der Waals surface area contributed by atoms with Crippen molar-refractivity contribution in [3.8, 4) is 5.75 Å². The SMILES string of the molecule is CC(NCCN)c1cccc(OC(F)F)c1. The molecule has 0 bridgehead atoms. The lowest BCUT2D eigenvalue weighted by molar-refractivity contribution is -0.0499. The highest BCUT2D eigenvalue weighted by Gasteiger charge is 2.08. The normalized spacial score (nSPS) is 12.8. The van der Waals surface area contributed by atoms with Crippen LogP contribution in [0.4, 0.5) is 8.78 Å². The van der Waals surface area contributed by atoms with E-state index < -0.39 is 6.61 Å². The zero-order valence-corrected chi connectivity index (χ0v) is 9.12. The second-order valence-corrected chi connectivity index (χ2v) is 3.42. The van der Waals surface area contributed by atoms with Crippen molar-refractivity contribution in [1.29, 1.82) is 0 Å². The van der Waals surface area contributed by atoms with E-state index in [4.69, 9.17) is 5.73 Å². The number of benzene rings is 1. The Balaban J connectivity index is 2.65. The van der Waals surface area contributed by atoms with Crippen LogP contribution in [0, 0.1) is 0 Å². The molecule has 0 radical (unpaired) electrons. The molecule has 5 heteroatoms. The van der Waals surface area contributed by atoms with Crippen LogP contribution in [-0.4, -0.2) is 19.7 Å². The zero-order valence-electron chi connectivity index (χ0n) is 9.12. The van der Waals surface area contributed by atoms with E-state index >= 15 is 0 Å². The van der Waals surface area contributed by atoms with Crippen molar-refractivity contribution < 1.29 is 13.5 Å². The second kappa shape index (κ2) is 6.40. The van der Waals surface area contributed by atoms with Crippen molar-refractivity contribution >= 4 is 0 Å². The first-order chi connectivity index (χ1) is 7.63. The van der Waals surface area contributed by atoms with Gasteiger partial charge in [0.25, 0.3) is 0 Å². The molecule has 0 heterocycles. The first kappa shape index (κ1) is 12.9. The van der Waals surface area contributed by atoms with E-state index in [-0.39, 0.29) is 11.8 Å². The Morgan fingerprint density at radius 2 is 2.19 bits per heavy atom. The zero-order chi connectivity index (χ0) is 12.0. The molecule has 0 amide bonds. The van der Waals surface area contributed by atoms with E-state index in [1.54, 1.807) is 12.1 Å². The topological polar surface area (TPSA) is 47.3 Å². The Morgan fingerprint density at radius 1 is 1.44 bits per heavy atom. The smallest absolute Gasteiger partial charge is 0.387 e. The predicted molar refractivity (Wildman–Crippen MR) is 58.5 cm³/mol. The van der Waals surface area contributed by atoms with Crippen molar-refractivity contribution in [2.45, 2.75) is 19.6 Å². The van der Waals surface area contributed by atoms with E-state index in [0.29, 0.717) is 13.1 Å². The fourth-order valence-electron chi connectivity index (χ4n) is 1.38. The van der Waals surface area contributed by atoms with E-state index in [2.05, 4.69) is 10.1 Å². The molecule has 0 saturated carbocycles. The molecule has 3 nitrogen and oxygen atoms in total. The molecule has 90 valence electrons. The lowest BCUT2D eigenvalue weighted by atomic mass is 10.1. The summed E-state index contributed by atoms with van der Waals surface area (Å²) in [5, 5.41) is 3.16. The van der Waals surface area contributed by atoms with Gasteiger partial charge in [-0.3, -0.25) is 0 Å². The minimum atomic E-state index is -2.79. The van der Waals surface area contributed by atoms with Crippen LogP contribution in [0.25, 0.3) is 0 Å². The van der Waals surface area contributed by atoms with Gasteiger partial charge < -0.3 is 15.8 Å². The first-order valence-electron chi connectivity index (χ1n) is 5.11. The standard InChI is InChI=1S/C11H16F2N2O/c1-8(15-6-5-14)9-3-2-4-10(7-9)16-11(12)13/h2-4,7-8,11,15H,5-6,14H2,1H3. The molecule has 1 aromatic rings. The molecule has 0 aliphatic rings. The van der Waals surface area contributed by atoms with Gasteiger partial charge in [-0.15, -0.1) is 0 Å². The van der Waals surface area contributed by atoms with Crippen LogP contribution >= 0.6 is 0 Å². The van der Waals surface area contributed by atoms with Crippen LogP contribution in [0.15, 0.2) is 24.3 Å². The van der Waals surface area contributed by atoms with E-state index in [0.717, 1.165) is 5.56 Å². The summed E-state index contributed by atoms with van der Waals surface area (Å²) in [5.41, 5.74) is 6.26. The number of ether oxygens (including phenoxy) is 1. The molecule has 0 aliphatic carbocycles. The third kappa shape index (κ3) is 4.12. The summed E-state index contributed by atoms with van der Waals surface area (Å²) < 4.78 is 28.3. The number of nitrogens with two attached hydrogens (primary N) is 1. The van der Waals surface area contributed by atoms with Gasteiger partial charge in [0.15, 0.2) is 0 Å². The number of rotatable bonds is 6. The second-order valence-electron chi connectivity index (χ2n) is 3.42. The molecule has 0 saturated heterocycles. The summed E-state index contributed by atoms with van der Waals surface area (Å²) >= 11 is 0. The third-order valence-electron chi connectivity index (χ3n) is 2.18. The van der Waals surface area contributed by atoms with Gasteiger partial charge in [-0.05, 0) is 24.6 Å². The van der Waals surface area contributed by atoms with Gasteiger partial charge in [-0.2, -0.15) is 8.78 Å². The van der Waals surface area contributed by atoms with Crippen molar-refractivity contribution in [2.75, 3.05) is 13.1 Å². The van der Waals surface area contributed by atoms with Crippen molar-refractivity contribution in [1.82, 2.24) is 5.32 Å². The average Bonchev–Trinajstić information content (AvgIpc) is 2.25. The van der Waals surface area contributed by atoms with Crippen LogP contribution in [0.2, 0.25) is 0 Å². The molecule has 1 unspecified atom stereocenters. The number of halogens is 2. The summed E-state index contributed by atoms with van der Waals surface area (Å²) in [4.78, 5) is 0. The quantitative estimate of drug-likeness (QED) is 0.784. The molecule has 0 fully saturated rings. The number of alkyl halides is 2. The van der Waals surface area contributed by atoms with Crippen LogP contribution < -0.4 is 15.8 Å². The highest BCUT2D eigenvalue weighted by atomic mass is 19.3. The average molecular weight is 230 g/mol. The molecular formula is C11H16F2N2O. The monoisotopic (exact) mass is 230 g/mol. The Labute approximate surface area is 93.6 Å². The van der Waals surface area contributed by atoms with Crippen molar-refractivity contribution in [3.63, 3.8) is 0 Å². The number of hydrogen-bond donors (Lipinski definition) is 2. The molecule has 1 aromatic carbocycles. The van der Waals surface area contributed by atoms with Crippen LogP contribution in [-0.2, 0) is 0 Å². The Hall–Kier alpha value is -1.20. The molecule has 0 spiro atoms. The lowest BCUT2D eigenvalue weighted by Crippen LogP contribution is -2.25. The van der Waals surface area contributed by atoms with Gasteiger partial charge in [0.2, 0.25) is 0 Å². The Kier molecular flexibility index (Phi) is 5.14. The van der Waals surface area contributed by atoms with E-state index in [1.165, 1.54) is 6.07 Å². The van der Waals surface area contributed by atoms with Crippen LogP contribution in [0.5, 0.6) is 5.75 Å². The maximum atomic E-state index is 12.0. The van der Waals surface area contributed by atoms with Gasteiger partial charge in [0.1, 0.15) is 5.75 Å².